The van der Waals surface area contributed by atoms with Gasteiger partial charge >= 0.3 is 0 Å². The van der Waals surface area contributed by atoms with Crippen LogP contribution >= 0.6 is 11.6 Å². The molecule has 0 bridgehead atoms. The predicted octanol–water partition coefficient (Wildman–Crippen LogP) is 2.61. The van der Waals surface area contributed by atoms with Gasteiger partial charge in [0.05, 0.1) is 18.0 Å². The molecule has 0 spiro atoms. The fourth-order valence-electron chi connectivity index (χ4n) is 2.77. The van der Waals surface area contributed by atoms with Crippen LogP contribution in [0.25, 0.3) is 0 Å². The molecule has 1 aliphatic rings. The third kappa shape index (κ3) is 3.13. The molecular formula is C14H23ClN2O3S. The van der Waals surface area contributed by atoms with Crippen molar-refractivity contribution in [1.82, 2.24) is 8.87 Å². The highest BCUT2D eigenvalue weighted by Crippen LogP contribution is 2.27. The number of alkyl halides is 1. The first kappa shape index (κ1) is 16.8. The van der Waals surface area contributed by atoms with E-state index in [0.29, 0.717) is 17.4 Å². The number of hydrogen-bond donors (Lipinski definition) is 0. The van der Waals surface area contributed by atoms with Crippen LogP contribution in [-0.2, 0) is 20.6 Å². The lowest BCUT2D eigenvalue weighted by atomic mass is 10.2. The number of sulfonamides is 1. The highest BCUT2D eigenvalue weighted by atomic mass is 35.5. The molecule has 0 saturated carbocycles. The second kappa shape index (κ2) is 6.28. The zero-order chi connectivity index (χ0) is 15.8. The highest BCUT2D eigenvalue weighted by Gasteiger charge is 2.36. The van der Waals surface area contributed by atoms with Crippen molar-refractivity contribution in [3.8, 4) is 0 Å². The van der Waals surface area contributed by atoms with Crippen molar-refractivity contribution in [2.24, 2.45) is 0 Å². The Morgan fingerprint density at radius 2 is 2.19 bits per heavy atom. The first-order valence-corrected chi connectivity index (χ1v) is 9.12. The van der Waals surface area contributed by atoms with Gasteiger partial charge in [-0.25, -0.2) is 8.42 Å². The van der Waals surface area contributed by atoms with Crippen molar-refractivity contribution in [1.29, 1.82) is 0 Å². The molecule has 0 amide bonds. The third-order valence-electron chi connectivity index (χ3n) is 4.08. The van der Waals surface area contributed by atoms with E-state index in [1.807, 2.05) is 25.3 Å². The van der Waals surface area contributed by atoms with Gasteiger partial charge in [-0.15, -0.1) is 11.6 Å². The van der Waals surface area contributed by atoms with Crippen LogP contribution < -0.4 is 0 Å². The van der Waals surface area contributed by atoms with E-state index in [2.05, 4.69) is 0 Å². The number of halogens is 1. The maximum Gasteiger partial charge on any atom is 0.244 e. The van der Waals surface area contributed by atoms with E-state index in [4.69, 9.17) is 16.3 Å². The summed E-state index contributed by atoms with van der Waals surface area (Å²) in [6, 6.07) is 1.72. The molecule has 1 fully saturated rings. The number of rotatable bonds is 5. The summed E-state index contributed by atoms with van der Waals surface area (Å²) in [4.78, 5) is 0.299. The molecule has 1 aliphatic heterocycles. The van der Waals surface area contributed by atoms with Crippen LogP contribution in [-0.4, -0.2) is 43.1 Å². The van der Waals surface area contributed by atoms with E-state index in [1.54, 1.807) is 19.3 Å². The maximum atomic E-state index is 12.8. The van der Waals surface area contributed by atoms with E-state index in [-0.39, 0.29) is 18.2 Å². The quantitative estimate of drug-likeness (QED) is 0.778. The largest absolute Gasteiger partial charge is 0.377 e. The second-order valence-electron chi connectivity index (χ2n) is 5.75. The first-order valence-electron chi connectivity index (χ1n) is 7.15. The van der Waals surface area contributed by atoms with Gasteiger partial charge in [0.2, 0.25) is 10.0 Å². The van der Waals surface area contributed by atoms with Gasteiger partial charge in [-0.1, -0.05) is 0 Å². The summed E-state index contributed by atoms with van der Waals surface area (Å²) in [6.45, 7) is 6.52. The predicted molar refractivity (Wildman–Crippen MR) is 83.1 cm³/mol. The Labute approximate surface area is 131 Å². The summed E-state index contributed by atoms with van der Waals surface area (Å²) in [5, 5.41) is 0. The number of hydrogen-bond acceptors (Lipinski definition) is 3. The van der Waals surface area contributed by atoms with Crippen LogP contribution in [0.3, 0.4) is 0 Å². The molecule has 2 atom stereocenters. The molecule has 21 heavy (non-hydrogen) atoms. The molecule has 1 aromatic rings. The lowest BCUT2D eigenvalue weighted by Crippen LogP contribution is -2.40. The maximum absolute atomic E-state index is 12.8. The minimum Gasteiger partial charge on any atom is -0.377 e. The lowest BCUT2D eigenvalue weighted by molar-refractivity contribution is 0.102. The Balaban J connectivity index is 2.35. The molecule has 0 radical (unpaired) electrons. The van der Waals surface area contributed by atoms with Crippen LogP contribution in [0.5, 0.6) is 0 Å². The summed E-state index contributed by atoms with van der Waals surface area (Å²) in [6.07, 6.45) is 2.32. The summed E-state index contributed by atoms with van der Waals surface area (Å²) in [5.41, 5.74) is 0.814. The molecular weight excluding hydrogens is 312 g/mol. The zero-order valence-electron chi connectivity index (χ0n) is 12.9. The van der Waals surface area contributed by atoms with Crippen molar-refractivity contribution in [3.63, 3.8) is 0 Å². The number of ether oxygens (including phenoxy) is 1. The molecule has 2 unspecified atom stereocenters. The van der Waals surface area contributed by atoms with Gasteiger partial charge in [0, 0.05) is 31.6 Å². The van der Waals surface area contributed by atoms with Crippen LogP contribution in [0.2, 0.25) is 0 Å². The van der Waals surface area contributed by atoms with Crippen LogP contribution in [0.1, 0.15) is 38.9 Å². The average molecular weight is 335 g/mol. The van der Waals surface area contributed by atoms with Crippen molar-refractivity contribution in [2.45, 2.75) is 56.2 Å². The van der Waals surface area contributed by atoms with Gasteiger partial charge in [0.15, 0.2) is 0 Å². The Morgan fingerprint density at radius 1 is 1.52 bits per heavy atom. The summed E-state index contributed by atoms with van der Waals surface area (Å²) < 4.78 is 34.4. The smallest absolute Gasteiger partial charge is 0.244 e. The molecule has 1 aromatic heterocycles. The van der Waals surface area contributed by atoms with E-state index in [9.17, 15) is 8.42 Å². The third-order valence-corrected chi connectivity index (χ3v) is 6.20. The monoisotopic (exact) mass is 334 g/mol. The molecule has 2 rings (SSSR count). The molecule has 0 N–H and O–H groups in total. The Morgan fingerprint density at radius 3 is 2.62 bits per heavy atom. The van der Waals surface area contributed by atoms with Crippen LogP contribution in [0.4, 0.5) is 0 Å². The van der Waals surface area contributed by atoms with Crippen molar-refractivity contribution >= 4 is 21.6 Å². The van der Waals surface area contributed by atoms with Gasteiger partial charge in [0.1, 0.15) is 4.90 Å². The molecule has 2 heterocycles. The van der Waals surface area contributed by atoms with Gasteiger partial charge in [-0.2, -0.15) is 4.31 Å². The fraction of sp³-hybridized carbons (Fsp3) is 0.714. The zero-order valence-corrected chi connectivity index (χ0v) is 14.5. The van der Waals surface area contributed by atoms with Crippen molar-refractivity contribution in [2.75, 3.05) is 13.7 Å². The lowest BCUT2D eigenvalue weighted by Gasteiger charge is -2.25. The summed E-state index contributed by atoms with van der Waals surface area (Å²) >= 11 is 5.92. The van der Waals surface area contributed by atoms with E-state index < -0.39 is 10.0 Å². The molecule has 1 saturated heterocycles. The van der Waals surface area contributed by atoms with Crippen molar-refractivity contribution in [3.05, 3.63) is 18.0 Å². The minimum atomic E-state index is -3.53. The van der Waals surface area contributed by atoms with Gasteiger partial charge in [-0.3, -0.25) is 0 Å². The topological polar surface area (TPSA) is 51.5 Å². The van der Waals surface area contributed by atoms with Gasteiger partial charge in [0.25, 0.3) is 0 Å². The standard InChI is InChI=1S/C14H23ClN2O3S/c1-10(2)17-9-13(7-12(17)8-15)21(18,19)16(4)14-5-6-20-11(14)3/h7,9-11,14H,5-6,8H2,1-4H3. The van der Waals surface area contributed by atoms with Crippen molar-refractivity contribution < 1.29 is 13.2 Å². The number of likely N-dealkylation sites (N-methyl/N-ethyl adjacent to an activating group) is 1. The van der Waals surface area contributed by atoms with E-state index >= 15 is 0 Å². The fourth-order valence-corrected chi connectivity index (χ4v) is 4.48. The number of aromatic nitrogens is 1. The summed E-state index contributed by atoms with van der Waals surface area (Å²) in [5.74, 6) is 0.292. The first-order chi connectivity index (χ1) is 9.78. The normalized spacial score (nSPS) is 23.4. The number of nitrogens with zero attached hydrogens (tertiary/aromatic N) is 2. The molecule has 0 aromatic carbocycles. The van der Waals surface area contributed by atoms with Crippen LogP contribution in [0, 0.1) is 0 Å². The average Bonchev–Trinajstić information content (AvgIpc) is 3.03. The van der Waals surface area contributed by atoms with Crippen LogP contribution in [0.15, 0.2) is 17.2 Å². The Bertz CT molecular complexity index is 597. The molecule has 120 valence electrons. The van der Waals surface area contributed by atoms with Gasteiger partial charge in [-0.05, 0) is 33.3 Å². The Kier molecular flexibility index (Phi) is 5.03. The molecule has 7 heteroatoms. The van der Waals surface area contributed by atoms with E-state index in [1.165, 1.54) is 4.31 Å². The minimum absolute atomic E-state index is 0.0792. The van der Waals surface area contributed by atoms with E-state index in [0.717, 1.165) is 12.1 Å². The van der Waals surface area contributed by atoms with Gasteiger partial charge < -0.3 is 9.30 Å². The molecule has 5 nitrogen and oxygen atoms in total. The molecule has 0 aliphatic carbocycles. The highest BCUT2D eigenvalue weighted by molar-refractivity contribution is 7.89. The second-order valence-corrected chi connectivity index (χ2v) is 8.02. The SMILES string of the molecule is CC1OCCC1N(C)S(=O)(=O)c1cc(CCl)n(C(C)C)c1. The summed E-state index contributed by atoms with van der Waals surface area (Å²) in [7, 11) is -1.90. The Hall–Kier alpha value is -0.560.